The maximum Gasteiger partial charge on any atom is 0.346 e. The Balaban J connectivity index is 1.98. The number of nitrogens with zero attached hydrogens (tertiary/aromatic N) is 1. The molecule has 0 aliphatic heterocycles. The number of amides is 1. The number of rotatable bonds is 5. The first-order chi connectivity index (χ1) is 11.3. The van der Waals surface area contributed by atoms with Gasteiger partial charge in [-0.05, 0) is 37.5 Å². The third-order valence-corrected chi connectivity index (χ3v) is 3.59. The molecule has 1 aromatic carbocycles. The number of carbonyl (C=O) groups is 2. The molecule has 0 saturated carbocycles. The molecule has 7 nitrogen and oxygen atoms in total. The SMILES string of the molecule is Cc1noc(N)c1C(=O)O[C@@H](C)C(=O)Nc1ccc(C(C)C)cc1. The van der Waals surface area contributed by atoms with Crippen molar-refractivity contribution in [1.82, 2.24) is 5.16 Å². The first kappa shape index (κ1) is 17.5. The zero-order chi connectivity index (χ0) is 17.9. The van der Waals surface area contributed by atoms with Gasteiger partial charge in [0, 0.05) is 5.69 Å². The minimum atomic E-state index is -0.990. The molecule has 2 aromatic rings. The van der Waals surface area contributed by atoms with Gasteiger partial charge in [-0.3, -0.25) is 4.79 Å². The van der Waals surface area contributed by atoms with Crippen LogP contribution in [0.15, 0.2) is 28.8 Å². The van der Waals surface area contributed by atoms with E-state index in [4.69, 9.17) is 15.0 Å². The van der Waals surface area contributed by atoms with Crippen molar-refractivity contribution in [3.05, 3.63) is 41.1 Å². The van der Waals surface area contributed by atoms with Crippen molar-refractivity contribution in [1.29, 1.82) is 0 Å². The van der Waals surface area contributed by atoms with Crippen molar-refractivity contribution >= 4 is 23.4 Å². The van der Waals surface area contributed by atoms with Crippen molar-refractivity contribution in [3.63, 3.8) is 0 Å². The molecule has 7 heteroatoms. The Hall–Kier alpha value is -2.83. The van der Waals surface area contributed by atoms with E-state index in [0.717, 1.165) is 0 Å². The molecule has 0 unspecified atom stereocenters. The number of benzene rings is 1. The summed E-state index contributed by atoms with van der Waals surface area (Å²) in [6.45, 7) is 7.23. The van der Waals surface area contributed by atoms with Gasteiger partial charge in [0.1, 0.15) is 5.56 Å². The van der Waals surface area contributed by atoms with Crippen molar-refractivity contribution in [2.75, 3.05) is 11.1 Å². The molecule has 1 heterocycles. The van der Waals surface area contributed by atoms with Gasteiger partial charge >= 0.3 is 5.97 Å². The molecule has 0 fully saturated rings. The molecular weight excluding hydrogens is 310 g/mol. The number of anilines is 2. The molecule has 128 valence electrons. The number of hydrogen-bond acceptors (Lipinski definition) is 6. The molecule has 2 rings (SSSR count). The zero-order valence-corrected chi connectivity index (χ0v) is 14.1. The Morgan fingerprint density at radius 3 is 2.33 bits per heavy atom. The number of aryl methyl sites for hydroxylation is 1. The standard InChI is InChI=1S/C17H21N3O4/c1-9(2)12-5-7-13(8-6-12)19-16(21)11(4)23-17(22)14-10(3)20-24-15(14)18/h5-9,11H,18H2,1-4H3,(H,19,21)/t11-/m0/s1. The second-order valence-corrected chi connectivity index (χ2v) is 5.82. The van der Waals surface area contributed by atoms with Gasteiger partial charge in [0.05, 0.1) is 5.69 Å². The smallest absolute Gasteiger partial charge is 0.346 e. The zero-order valence-electron chi connectivity index (χ0n) is 14.1. The number of nitrogen functional groups attached to an aromatic ring is 1. The predicted molar refractivity (Wildman–Crippen MR) is 89.7 cm³/mol. The van der Waals surface area contributed by atoms with Crippen molar-refractivity contribution in [3.8, 4) is 0 Å². The number of aromatic nitrogens is 1. The Labute approximate surface area is 140 Å². The summed E-state index contributed by atoms with van der Waals surface area (Å²) in [7, 11) is 0. The molecule has 0 aliphatic rings. The third-order valence-electron chi connectivity index (χ3n) is 3.59. The minimum Gasteiger partial charge on any atom is -0.449 e. The van der Waals surface area contributed by atoms with E-state index in [1.165, 1.54) is 12.5 Å². The topological polar surface area (TPSA) is 107 Å². The summed E-state index contributed by atoms with van der Waals surface area (Å²) in [5.74, 6) is -0.904. The number of esters is 1. The normalized spacial score (nSPS) is 12.0. The van der Waals surface area contributed by atoms with Gasteiger partial charge in [-0.15, -0.1) is 0 Å². The molecule has 0 bridgehead atoms. The van der Waals surface area contributed by atoms with E-state index in [0.29, 0.717) is 17.3 Å². The lowest BCUT2D eigenvalue weighted by Crippen LogP contribution is -2.30. The average Bonchev–Trinajstić information content (AvgIpc) is 2.86. The Morgan fingerprint density at radius 1 is 1.21 bits per heavy atom. The molecule has 0 saturated heterocycles. The fourth-order valence-electron chi connectivity index (χ4n) is 2.10. The van der Waals surface area contributed by atoms with Gasteiger partial charge in [-0.1, -0.05) is 31.1 Å². The van der Waals surface area contributed by atoms with E-state index < -0.39 is 18.0 Å². The maximum atomic E-state index is 12.1. The van der Waals surface area contributed by atoms with E-state index in [-0.39, 0.29) is 11.4 Å². The Bertz CT molecular complexity index is 715. The number of carbonyl (C=O) groups excluding carboxylic acids is 2. The summed E-state index contributed by atoms with van der Waals surface area (Å²) < 4.78 is 9.83. The van der Waals surface area contributed by atoms with E-state index in [9.17, 15) is 9.59 Å². The summed E-state index contributed by atoms with van der Waals surface area (Å²) in [5.41, 5.74) is 7.68. The molecule has 1 atom stereocenters. The summed E-state index contributed by atoms with van der Waals surface area (Å²) in [6, 6.07) is 7.50. The van der Waals surface area contributed by atoms with E-state index in [1.807, 2.05) is 24.3 Å². The van der Waals surface area contributed by atoms with Crippen LogP contribution in [-0.2, 0) is 9.53 Å². The van der Waals surface area contributed by atoms with Crippen LogP contribution < -0.4 is 11.1 Å². The van der Waals surface area contributed by atoms with Crippen molar-refractivity contribution in [2.45, 2.75) is 39.7 Å². The van der Waals surface area contributed by atoms with Crippen LogP contribution in [0.2, 0.25) is 0 Å². The number of ether oxygens (including phenoxy) is 1. The van der Waals surface area contributed by atoms with Gasteiger partial charge in [0.25, 0.3) is 5.91 Å². The van der Waals surface area contributed by atoms with Crippen LogP contribution in [0.25, 0.3) is 0 Å². The van der Waals surface area contributed by atoms with Crippen molar-refractivity contribution in [2.24, 2.45) is 0 Å². The Morgan fingerprint density at radius 2 is 1.83 bits per heavy atom. The molecule has 3 N–H and O–H groups in total. The van der Waals surface area contributed by atoms with Gasteiger partial charge in [0.2, 0.25) is 5.88 Å². The van der Waals surface area contributed by atoms with E-state index in [2.05, 4.69) is 24.3 Å². The largest absolute Gasteiger partial charge is 0.449 e. The highest BCUT2D eigenvalue weighted by molar-refractivity contribution is 5.99. The highest BCUT2D eigenvalue weighted by Gasteiger charge is 2.24. The van der Waals surface area contributed by atoms with Crippen LogP contribution in [-0.4, -0.2) is 23.1 Å². The maximum absolute atomic E-state index is 12.1. The van der Waals surface area contributed by atoms with E-state index >= 15 is 0 Å². The molecule has 0 spiro atoms. The monoisotopic (exact) mass is 331 g/mol. The van der Waals surface area contributed by atoms with Crippen LogP contribution in [0, 0.1) is 6.92 Å². The Kier molecular flexibility index (Phi) is 5.23. The average molecular weight is 331 g/mol. The first-order valence-corrected chi connectivity index (χ1v) is 7.63. The van der Waals surface area contributed by atoms with Crippen LogP contribution >= 0.6 is 0 Å². The fourth-order valence-corrected chi connectivity index (χ4v) is 2.10. The molecule has 0 radical (unpaired) electrons. The lowest BCUT2D eigenvalue weighted by atomic mass is 10.0. The van der Waals surface area contributed by atoms with Gasteiger partial charge in [-0.25, -0.2) is 4.79 Å². The van der Waals surface area contributed by atoms with Crippen LogP contribution in [0.3, 0.4) is 0 Å². The second kappa shape index (κ2) is 7.16. The summed E-state index contributed by atoms with van der Waals surface area (Å²) in [6.07, 6.45) is -0.990. The van der Waals surface area contributed by atoms with Crippen molar-refractivity contribution < 1.29 is 18.8 Å². The van der Waals surface area contributed by atoms with Crippen LogP contribution in [0.4, 0.5) is 11.6 Å². The van der Waals surface area contributed by atoms with Gasteiger partial charge < -0.3 is 20.3 Å². The fraction of sp³-hybridized carbons (Fsp3) is 0.353. The van der Waals surface area contributed by atoms with Crippen LogP contribution in [0.5, 0.6) is 0 Å². The lowest BCUT2D eigenvalue weighted by molar-refractivity contribution is -0.123. The lowest BCUT2D eigenvalue weighted by Gasteiger charge is -2.14. The van der Waals surface area contributed by atoms with E-state index in [1.54, 1.807) is 6.92 Å². The second-order valence-electron chi connectivity index (χ2n) is 5.82. The van der Waals surface area contributed by atoms with Crippen LogP contribution in [0.1, 0.15) is 48.3 Å². The summed E-state index contributed by atoms with van der Waals surface area (Å²) in [4.78, 5) is 24.2. The quantitative estimate of drug-likeness (QED) is 0.816. The highest BCUT2D eigenvalue weighted by Crippen LogP contribution is 2.19. The number of hydrogen-bond donors (Lipinski definition) is 2. The van der Waals surface area contributed by atoms with Gasteiger partial charge in [-0.2, -0.15) is 0 Å². The molecule has 1 amide bonds. The minimum absolute atomic E-state index is 0.0379. The molecule has 0 aliphatic carbocycles. The summed E-state index contributed by atoms with van der Waals surface area (Å²) in [5, 5.41) is 6.28. The predicted octanol–water partition coefficient (Wildman–Crippen LogP) is 2.87. The first-order valence-electron chi connectivity index (χ1n) is 7.63. The molecule has 1 aromatic heterocycles. The molecule has 24 heavy (non-hydrogen) atoms. The highest BCUT2D eigenvalue weighted by atomic mass is 16.5. The number of nitrogens with two attached hydrogens (primary N) is 1. The van der Waals surface area contributed by atoms with Gasteiger partial charge in [0.15, 0.2) is 6.10 Å². The third kappa shape index (κ3) is 3.92. The molecular formula is C17H21N3O4. The summed E-state index contributed by atoms with van der Waals surface area (Å²) >= 11 is 0. The number of nitrogens with one attached hydrogen (secondary N) is 1.